The van der Waals surface area contributed by atoms with Crippen LogP contribution in [0, 0.1) is 6.92 Å². The van der Waals surface area contributed by atoms with Gasteiger partial charge < -0.3 is 24.3 Å². The SMILES string of the molecule is COc1cc(Cl)c(C)cc1NC(=O)COC(=O)c1cccc(OC)c1OC. The van der Waals surface area contributed by atoms with E-state index in [4.69, 9.17) is 30.5 Å². The molecule has 7 nitrogen and oxygen atoms in total. The van der Waals surface area contributed by atoms with E-state index in [1.54, 1.807) is 31.2 Å². The van der Waals surface area contributed by atoms with Crippen LogP contribution in [-0.2, 0) is 9.53 Å². The Kier molecular flexibility index (Phi) is 6.90. The Bertz CT molecular complexity index is 852. The zero-order valence-electron chi connectivity index (χ0n) is 15.4. The number of esters is 1. The van der Waals surface area contributed by atoms with Crippen LogP contribution in [0.3, 0.4) is 0 Å². The van der Waals surface area contributed by atoms with Crippen molar-refractivity contribution in [3.05, 3.63) is 46.5 Å². The fourth-order valence-corrected chi connectivity index (χ4v) is 2.53. The number of methoxy groups -OCH3 is 3. The largest absolute Gasteiger partial charge is 0.495 e. The first-order chi connectivity index (χ1) is 12.9. The average molecular weight is 394 g/mol. The Morgan fingerprint density at radius 1 is 1.04 bits per heavy atom. The van der Waals surface area contributed by atoms with E-state index in [0.717, 1.165) is 5.56 Å². The van der Waals surface area contributed by atoms with Crippen LogP contribution >= 0.6 is 11.6 Å². The van der Waals surface area contributed by atoms with E-state index in [0.29, 0.717) is 22.2 Å². The van der Waals surface area contributed by atoms with Crippen molar-refractivity contribution < 1.29 is 28.5 Å². The van der Waals surface area contributed by atoms with Crippen LogP contribution in [0.4, 0.5) is 5.69 Å². The molecular formula is C19H20ClNO6. The highest BCUT2D eigenvalue weighted by molar-refractivity contribution is 6.31. The van der Waals surface area contributed by atoms with E-state index in [-0.39, 0.29) is 11.3 Å². The zero-order valence-corrected chi connectivity index (χ0v) is 16.2. The van der Waals surface area contributed by atoms with E-state index in [1.807, 2.05) is 0 Å². The lowest BCUT2D eigenvalue weighted by atomic mass is 10.2. The molecule has 8 heteroatoms. The third kappa shape index (κ3) is 4.83. The highest BCUT2D eigenvalue weighted by Gasteiger charge is 2.19. The number of nitrogens with one attached hydrogen (secondary N) is 1. The molecule has 0 aliphatic carbocycles. The quantitative estimate of drug-likeness (QED) is 0.725. The Balaban J connectivity index is 2.06. The van der Waals surface area contributed by atoms with Gasteiger partial charge in [0, 0.05) is 11.1 Å². The highest BCUT2D eigenvalue weighted by atomic mass is 35.5. The number of rotatable bonds is 7. The maximum atomic E-state index is 12.3. The van der Waals surface area contributed by atoms with Gasteiger partial charge >= 0.3 is 5.97 Å². The van der Waals surface area contributed by atoms with Crippen molar-refractivity contribution in [1.82, 2.24) is 0 Å². The molecule has 0 bridgehead atoms. The van der Waals surface area contributed by atoms with Gasteiger partial charge in [-0.15, -0.1) is 0 Å². The summed E-state index contributed by atoms with van der Waals surface area (Å²) in [6.07, 6.45) is 0. The molecule has 144 valence electrons. The fraction of sp³-hybridized carbons (Fsp3) is 0.263. The molecule has 0 radical (unpaired) electrons. The third-order valence-electron chi connectivity index (χ3n) is 3.71. The molecule has 0 atom stereocenters. The number of aryl methyl sites for hydroxylation is 1. The summed E-state index contributed by atoms with van der Waals surface area (Å²) >= 11 is 6.04. The molecule has 27 heavy (non-hydrogen) atoms. The minimum absolute atomic E-state index is 0.157. The molecule has 0 aromatic heterocycles. The summed E-state index contributed by atoms with van der Waals surface area (Å²) in [6, 6.07) is 8.07. The molecule has 0 aliphatic heterocycles. The number of amides is 1. The molecule has 2 rings (SSSR count). The second-order valence-corrected chi connectivity index (χ2v) is 5.87. The first kappa shape index (κ1) is 20.4. The van der Waals surface area contributed by atoms with E-state index >= 15 is 0 Å². The highest BCUT2D eigenvalue weighted by Crippen LogP contribution is 2.32. The number of anilines is 1. The van der Waals surface area contributed by atoms with Crippen molar-refractivity contribution in [3.63, 3.8) is 0 Å². The smallest absolute Gasteiger partial charge is 0.342 e. The molecule has 0 heterocycles. The van der Waals surface area contributed by atoms with Crippen LogP contribution in [0.15, 0.2) is 30.3 Å². The minimum Gasteiger partial charge on any atom is -0.495 e. The number of carbonyl (C=O) groups excluding carboxylic acids is 2. The lowest BCUT2D eigenvalue weighted by Crippen LogP contribution is -2.21. The van der Waals surface area contributed by atoms with Crippen molar-refractivity contribution in [2.24, 2.45) is 0 Å². The maximum absolute atomic E-state index is 12.3. The first-order valence-electron chi connectivity index (χ1n) is 7.93. The summed E-state index contributed by atoms with van der Waals surface area (Å²) in [4.78, 5) is 24.4. The van der Waals surface area contributed by atoms with E-state index in [1.165, 1.54) is 27.4 Å². The van der Waals surface area contributed by atoms with Crippen molar-refractivity contribution in [3.8, 4) is 17.2 Å². The van der Waals surface area contributed by atoms with Gasteiger partial charge in [0.2, 0.25) is 0 Å². The van der Waals surface area contributed by atoms with E-state index < -0.39 is 18.5 Å². The molecule has 1 amide bonds. The standard InChI is InChI=1S/C19H20ClNO6/c1-11-8-14(16(25-3)9-13(11)20)21-17(22)10-27-19(23)12-6-5-7-15(24-2)18(12)26-4/h5-9H,10H2,1-4H3,(H,21,22). The minimum atomic E-state index is -0.708. The summed E-state index contributed by atoms with van der Waals surface area (Å²) in [6.45, 7) is 1.32. The summed E-state index contributed by atoms with van der Waals surface area (Å²) < 4.78 is 20.6. The molecule has 2 aromatic carbocycles. The zero-order chi connectivity index (χ0) is 20.0. The monoisotopic (exact) mass is 393 g/mol. The maximum Gasteiger partial charge on any atom is 0.342 e. The molecule has 2 aromatic rings. The third-order valence-corrected chi connectivity index (χ3v) is 4.12. The predicted octanol–water partition coefficient (Wildman–Crippen LogP) is 3.47. The molecule has 0 unspecified atom stereocenters. The summed E-state index contributed by atoms with van der Waals surface area (Å²) in [5.74, 6) is -0.205. The Morgan fingerprint density at radius 2 is 1.74 bits per heavy atom. The number of halogens is 1. The lowest BCUT2D eigenvalue weighted by molar-refractivity contribution is -0.119. The van der Waals surface area contributed by atoms with Crippen molar-refractivity contribution in [2.45, 2.75) is 6.92 Å². The number of hydrogen-bond acceptors (Lipinski definition) is 6. The van der Waals surface area contributed by atoms with Crippen LogP contribution in [-0.4, -0.2) is 39.8 Å². The number of para-hydroxylation sites is 1. The fourth-order valence-electron chi connectivity index (χ4n) is 2.37. The van der Waals surface area contributed by atoms with Gasteiger partial charge in [0.15, 0.2) is 18.1 Å². The Labute approximate surface area is 162 Å². The molecule has 0 aliphatic rings. The Morgan fingerprint density at radius 3 is 2.37 bits per heavy atom. The molecule has 0 saturated carbocycles. The second kappa shape index (κ2) is 9.14. The average Bonchev–Trinajstić information content (AvgIpc) is 2.67. The van der Waals surface area contributed by atoms with Crippen molar-refractivity contribution in [1.29, 1.82) is 0 Å². The van der Waals surface area contributed by atoms with Gasteiger partial charge in [-0.3, -0.25) is 4.79 Å². The summed E-state index contributed by atoms with van der Waals surface area (Å²) in [7, 11) is 4.34. The first-order valence-corrected chi connectivity index (χ1v) is 8.31. The number of hydrogen-bond donors (Lipinski definition) is 1. The van der Waals surface area contributed by atoms with Crippen LogP contribution in [0.5, 0.6) is 17.2 Å². The van der Waals surface area contributed by atoms with Gasteiger partial charge in [0.05, 0.1) is 27.0 Å². The van der Waals surface area contributed by atoms with E-state index in [9.17, 15) is 9.59 Å². The van der Waals surface area contributed by atoms with Gasteiger partial charge in [0.1, 0.15) is 11.3 Å². The van der Waals surface area contributed by atoms with Gasteiger partial charge in [-0.1, -0.05) is 17.7 Å². The molecule has 0 fully saturated rings. The van der Waals surface area contributed by atoms with Crippen molar-refractivity contribution >= 4 is 29.2 Å². The number of ether oxygens (including phenoxy) is 4. The van der Waals surface area contributed by atoms with E-state index in [2.05, 4.69) is 5.32 Å². The Hall–Kier alpha value is -2.93. The van der Waals surface area contributed by atoms with Gasteiger partial charge in [-0.25, -0.2) is 4.79 Å². The molecule has 1 N–H and O–H groups in total. The topological polar surface area (TPSA) is 83.1 Å². The summed E-state index contributed by atoms with van der Waals surface area (Å²) in [5.41, 5.74) is 1.36. The van der Waals surface area contributed by atoms with Crippen molar-refractivity contribution in [2.75, 3.05) is 33.3 Å². The van der Waals surface area contributed by atoms with Crippen LogP contribution in [0.2, 0.25) is 5.02 Å². The van der Waals surface area contributed by atoms with Crippen LogP contribution in [0.1, 0.15) is 15.9 Å². The number of benzene rings is 2. The molecule has 0 spiro atoms. The van der Waals surface area contributed by atoms with Gasteiger partial charge in [0.25, 0.3) is 5.91 Å². The van der Waals surface area contributed by atoms with Crippen LogP contribution < -0.4 is 19.5 Å². The number of carbonyl (C=O) groups is 2. The second-order valence-electron chi connectivity index (χ2n) is 5.47. The lowest BCUT2D eigenvalue weighted by Gasteiger charge is -2.13. The molecule has 0 saturated heterocycles. The van der Waals surface area contributed by atoms with Gasteiger partial charge in [-0.05, 0) is 30.7 Å². The van der Waals surface area contributed by atoms with Gasteiger partial charge in [-0.2, -0.15) is 0 Å². The summed E-state index contributed by atoms with van der Waals surface area (Å²) in [5, 5.41) is 3.15. The predicted molar refractivity (Wildman–Crippen MR) is 101 cm³/mol. The van der Waals surface area contributed by atoms with Crippen LogP contribution in [0.25, 0.3) is 0 Å². The normalized spacial score (nSPS) is 10.1. The molecular weight excluding hydrogens is 374 g/mol.